The zero-order valence-electron chi connectivity index (χ0n) is 9.38. The Morgan fingerprint density at radius 3 is 2.38 bits per heavy atom. The fourth-order valence-corrected chi connectivity index (χ4v) is 2.61. The van der Waals surface area contributed by atoms with Gasteiger partial charge in [-0.15, -0.1) is 0 Å². The van der Waals surface area contributed by atoms with Crippen LogP contribution in [0.15, 0.2) is 24.3 Å². The van der Waals surface area contributed by atoms with Crippen LogP contribution in [-0.4, -0.2) is 24.8 Å². The molecule has 1 heterocycles. The van der Waals surface area contributed by atoms with Gasteiger partial charge in [-0.25, -0.2) is 4.39 Å². The van der Waals surface area contributed by atoms with Crippen molar-refractivity contribution in [2.75, 3.05) is 19.7 Å². The summed E-state index contributed by atoms with van der Waals surface area (Å²) in [6.45, 7) is 2.13. The van der Waals surface area contributed by atoms with E-state index in [1.165, 1.54) is 12.1 Å². The number of hydrogen-bond acceptors (Lipinski definition) is 2. The van der Waals surface area contributed by atoms with E-state index in [9.17, 15) is 9.50 Å². The fraction of sp³-hybridized carbons (Fsp3) is 0.538. The highest BCUT2D eigenvalue weighted by Crippen LogP contribution is 2.36. The Morgan fingerprint density at radius 2 is 1.81 bits per heavy atom. The van der Waals surface area contributed by atoms with Gasteiger partial charge in [0.15, 0.2) is 0 Å². The van der Waals surface area contributed by atoms with E-state index in [4.69, 9.17) is 0 Å². The first-order valence-corrected chi connectivity index (χ1v) is 5.84. The van der Waals surface area contributed by atoms with E-state index in [0.717, 1.165) is 37.9 Å². The van der Waals surface area contributed by atoms with Crippen LogP contribution in [0.5, 0.6) is 0 Å². The minimum atomic E-state index is -0.197. The Labute approximate surface area is 95.5 Å². The van der Waals surface area contributed by atoms with Gasteiger partial charge < -0.3 is 10.4 Å². The molecule has 1 fully saturated rings. The van der Waals surface area contributed by atoms with Crippen molar-refractivity contribution in [3.8, 4) is 0 Å². The lowest BCUT2D eigenvalue weighted by molar-refractivity contribution is 0.204. The molecule has 0 aromatic heterocycles. The van der Waals surface area contributed by atoms with Gasteiger partial charge in [-0.1, -0.05) is 12.1 Å². The molecule has 3 heteroatoms. The van der Waals surface area contributed by atoms with Gasteiger partial charge in [-0.3, -0.25) is 0 Å². The van der Waals surface area contributed by atoms with Gasteiger partial charge in [-0.05, 0) is 55.5 Å². The number of aliphatic hydroxyl groups excluding tert-OH is 1. The average Bonchev–Trinajstić information content (AvgIpc) is 2.31. The first-order valence-electron chi connectivity index (χ1n) is 5.84. The van der Waals surface area contributed by atoms with Gasteiger partial charge in [0.1, 0.15) is 5.82 Å². The van der Waals surface area contributed by atoms with Crippen molar-refractivity contribution in [3.05, 3.63) is 35.6 Å². The van der Waals surface area contributed by atoms with Crippen molar-refractivity contribution >= 4 is 0 Å². The second kappa shape index (κ2) is 4.93. The lowest BCUT2D eigenvalue weighted by Crippen LogP contribution is -2.40. The predicted octanol–water partition coefficient (Wildman–Crippen LogP) is 1.83. The first kappa shape index (κ1) is 11.6. The number of hydrogen-bond donors (Lipinski definition) is 2. The molecule has 2 nitrogen and oxygen atoms in total. The number of nitrogens with one attached hydrogen (secondary N) is 1. The summed E-state index contributed by atoms with van der Waals surface area (Å²) in [6.07, 6.45) is 2.79. The van der Waals surface area contributed by atoms with Crippen LogP contribution in [0.25, 0.3) is 0 Å². The number of rotatable bonds is 3. The SMILES string of the molecule is OCCC1(c2ccc(F)cc2)CCNCC1. The summed E-state index contributed by atoms with van der Waals surface area (Å²) < 4.78 is 12.9. The minimum Gasteiger partial charge on any atom is -0.396 e. The number of aliphatic hydroxyl groups is 1. The predicted molar refractivity (Wildman–Crippen MR) is 61.9 cm³/mol. The minimum absolute atomic E-state index is 0.0354. The Morgan fingerprint density at radius 1 is 1.19 bits per heavy atom. The molecule has 0 saturated carbocycles. The summed E-state index contributed by atoms with van der Waals surface area (Å²) >= 11 is 0. The van der Waals surface area contributed by atoms with E-state index >= 15 is 0 Å². The molecule has 1 aliphatic rings. The molecular formula is C13H18FNO. The molecule has 1 aromatic rings. The molecule has 1 aromatic carbocycles. The van der Waals surface area contributed by atoms with E-state index in [0.29, 0.717) is 0 Å². The Kier molecular flexibility index (Phi) is 3.56. The van der Waals surface area contributed by atoms with E-state index in [2.05, 4.69) is 5.32 Å². The van der Waals surface area contributed by atoms with Crippen LogP contribution in [0.2, 0.25) is 0 Å². The highest BCUT2D eigenvalue weighted by Gasteiger charge is 2.33. The molecule has 0 spiro atoms. The summed E-state index contributed by atoms with van der Waals surface area (Å²) in [5.41, 5.74) is 1.19. The van der Waals surface area contributed by atoms with Crippen LogP contribution >= 0.6 is 0 Å². The molecule has 0 unspecified atom stereocenters. The maximum Gasteiger partial charge on any atom is 0.123 e. The van der Waals surface area contributed by atoms with Crippen molar-refractivity contribution in [2.45, 2.75) is 24.7 Å². The zero-order valence-corrected chi connectivity index (χ0v) is 9.38. The lowest BCUT2D eigenvalue weighted by Gasteiger charge is -2.38. The fourth-order valence-electron chi connectivity index (χ4n) is 2.61. The second-order valence-electron chi connectivity index (χ2n) is 4.51. The third-order valence-corrected chi connectivity index (χ3v) is 3.61. The smallest absolute Gasteiger partial charge is 0.123 e. The van der Waals surface area contributed by atoms with Gasteiger partial charge in [0.05, 0.1) is 0 Å². The average molecular weight is 223 g/mol. The number of benzene rings is 1. The zero-order chi connectivity index (χ0) is 11.4. The van der Waals surface area contributed by atoms with E-state index in [-0.39, 0.29) is 17.8 Å². The third-order valence-electron chi connectivity index (χ3n) is 3.61. The summed E-state index contributed by atoms with van der Waals surface area (Å²) in [4.78, 5) is 0. The number of piperidine rings is 1. The number of halogens is 1. The van der Waals surface area contributed by atoms with E-state index in [1.807, 2.05) is 12.1 Å². The van der Waals surface area contributed by atoms with Crippen LogP contribution in [-0.2, 0) is 5.41 Å². The Balaban J connectivity index is 2.26. The molecule has 0 aliphatic carbocycles. The largest absolute Gasteiger partial charge is 0.396 e. The van der Waals surface area contributed by atoms with E-state index in [1.54, 1.807) is 0 Å². The first-order chi connectivity index (χ1) is 7.77. The molecule has 88 valence electrons. The molecule has 1 saturated heterocycles. The maximum atomic E-state index is 12.9. The van der Waals surface area contributed by atoms with Crippen LogP contribution < -0.4 is 5.32 Å². The highest BCUT2D eigenvalue weighted by atomic mass is 19.1. The molecule has 2 N–H and O–H groups in total. The van der Waals surface area contributed by atoms with Crippen molar-refractivity contribution in [2.24, 2.45) is 0 Å². The van der Waals surface area contributed by atoms with Gasteiger partial charge in [0, 0.05) is 6.61 Å². The van der Waals surface area contributed by atoms with Crippen molar-refractivity contribution in [1.29, 1.82) is 0 Å². The van der Waals surface area contributed by atoms with Crippen LogP contribution in [0.4, 0.5) is 4.39 Å². The standard InChI is InChI=1S/C13H18FNO/c14-12-3-1-11(2-4-12)13(7-10-16)5-8-15-9-6-13/h1-4,15-16H,5-10H2. The molecule has 1 aliphatic heterocycles. The summed E-state index contributed by atoms with van der Waals surface area (Å²) in [5.74, 6) is -0.197. The molecule has 0 bridgehead atoms. The molecule has 2 rings (SSSR count). The van der Waals surface area contributed by atoms with Gasteiger partial charge >= 0.3 is 0 Å². The molecule has 16 heavy (non-hydrogen) atoms. The van der Waals surface area contributed by atoms with Crippen molar-refractivity contribution < 1.29 is 9.50 Å². The van der Waals surface area contributed by atoms with Crippen LogP contribution in [0.3, 0.4) is 0 Å². The Bertz CT molecular complexity index is 325. The second-order valence-corrected chi connectivity index (χ2v) is 4.51. The quantitative estimate of drug-likeness (QED) is 0.819. The summed E-state index contributed by atoms with van der Waals surface area (Å²) in [6, 6.07) is 6.74. The molecular weight excluding hydrogens is 205 g/mol. The maximum absolute atomic E-state index is 12.9. The molecule has 0 amide bonds. The van der Waals surface area contributed by atoms with Gasteiger partial charge in [-0.2, -0.15) is 0 Å². The molecule has 0 radical (unpaired) electrons. The third kappa shape index (κ3) is 2.25. The Hall–Kier alpha value is -0.930. The topological polar surface area (TPSA) is 32.3 Å². The molecule has 0 atom stereocenters. The normalized spacial score (nSPS) is 19.6. The van der Waals surface area contributed by atoms with E-state index < -0.39 is 0 Å². The summed E-state index contributed by atoms with van der Waals surface area (Å²) in [5, 5.41) is 12.5. The van der Waals surface area contributed by atoms with Crippen LogP contribution in [0, 0.1) is 5.82 Å². The summed E-state index contributed by atoms with van der Waals surface area (Å²) in [7, 11) is 0. The lowest BCUT2D eigenvalue weighted by atomic mass is 9.71. The van der Waals surface area contributed by atoms with Crippen molar-refractivity contribution in [1.82, 2.24) is 5.32 Å². The van der Waals surface area contributed by atoms with Crippen molar-refractivity contribution in [3.63, 3.8) is 0 Å². The van der Waals surface area contributed by atoms with Gasteiger partial charge in [0.25, 0.3) is 0 Å². The highest BCUT2D eigenvalue weighted by molar-refractivity contribution is 5.26. The van der Waals surface area contributed by atoms with Crippen LogP contribution in [0.1, 0.15) is 24.8 Å². The monoisotopic (exact) mass is 223 g/mol. The van der Waals surface area contributed by atoms with Gasteiger partial charge in [0.2, 0.25) is 0 Å².